The summed E-state index contributed by atoms with van der Waals surface area (Å²) in [6.07, 6.45) is -17.0. The minimum Gasteiger partial charge on any atom is -0.392 e. The molecule has 0 bridgehead atoms. The second-order valence-corrected chi connectivity index (χ2v) is 5.96. The molecular weight excluding hydrogens is 348 g/mol. The van der Waals surface area contributed by atoms with Gasteiger partial charge in [0.2, 0.25) is 0 Å². The van der Waals surface area contributed by atoms with Gasteiger partial charge in [-0.15, -0.1) is 11.3 Å². The zero-order valence-electron chi connectivity index (χ0n) is 11.3. The van der Waals surface area contributed by atoms with Crippen LogP contribution in [0.25, 0.3) is 10.2 Å². The quantitative estimate of drug-likeness (QED) is 0.816. The van der Waals surface area contributed by atoms with Crippen LogP contribution in [-0.2, 0) is 0 Å². The number of alkyl halides is 6. The third-order valence-electron chi connectivity index (χ3n) is 3.15. The zero-order chi connectivity index (χ0) is 17.4. The van der Waals surface area contributed by atoms with Crippen LogP contribution >= 0.6 is 11.3 Å². The van der Waals surface area contributed by atoms with Crippen LogP contribution in [0.1, 0.15) is 17.5 Å². The average Bonchev–Trinajstić information content (AvgIpc) is 2.78. The fourth-order valence-corrected chi connectivity index (χ4v) is 3.09. The maximum Gasteiger partial charge on any atom is 0.403 e. The molecule has 1 aromatic carbocycles. The normalized spacial score (nSPS) is 16.0. The van der Waals surface area contributed by atoms with Gasteiger partial charge in [-0.2, -0.15) is 26.3 Å². The van der Waals surface area contributed by atoms with Crippen molar-refractivity contribution in [2.24, 2.45) is 5.92 Å². The van der Waals surface area contributed by atoms with Crippen LogP contribution in [0, 0.1) is 5.92 Å². The Bertz CT molecular complexity index is 621. The largest absolute Gasteiger partial charge is 0.403 e. The molecule has 1 heterocycles. The molecule has 23 heavy (non-hydrogen) atoms. The maximum atomic E-state index is 12.5. The molecule has 0 aliphatic carbocycles. The van der Waals surface area contributed by atoms with Crippen molar-refractivity contribution in [1.82, 2.24) is 4.98 Å². The lowest BCUT2D eigenvalue weighted by atomic mass is 9.96. The van der Waals surface area contributed by atoms with Crippen molar-refractivity contribution in [1.29, 1.82) is 0 Å². The lowest BCUT2D eigenvalue weighted by Crippen LogP contribution is -2.45. The van der Waals surface area contributed by atoms with E-state index in [9.17, 15) is 36.6 Å². The summed E-state index contributed by atoms with van der Waals surface area (Å²) in [5, 5.41) is 19.1. The van der Waals surface area contributed by atoms with E-state index in [2.05, 4.69) is 4.98 Å². The van der Waals surface area contributed by atoms with Crippen LogP contribution in [0.15, 0.2) is 24.3 Å². The van der Waals surface area contributed by atoms with Gasteiger partial charge in [0.25, 0.3) is 0 Å². The number of aromatic nitrogens is 1. The highest BCUT2D eigenvalue weighted by Crippen LogP contribution is 2.43. The summed E-state index contributed by atoms with van der Waals surface area (Å²) in [6, 6.07) is 6.56. The second-order valence-electron chi connectivity index (χ2n) is 4.90. The van der Waals surface area contributed by atoms with Gasteiger partial charge in [-0.05, 0) is 12.1 Å². The first-order chi connectivity index (χ1) is 10.5. The molecule has 3 nitrogen and oxygen atoms in total. The first kappa shape index (κ1) is 18.0. The van der Waals surface area contributed by atoms with Gasteiger partial charge < -0.3 is 10.2 Å². The van der Waals surface area contributed by atoms with E-state index >= 15 is 0 Å². The van der Waals surface area contributed by atoms with Crippen LogP contribution in [-0.4, -0.2) is 33.7 Å². The summed E-state index contributed by atoms with van der Waals surface area (Å²) >= 11 is 0.939. The average molecular weight is 359 g/mol. The van der Waals surface area contributed by atoms with E-state index in [1.165, 1.54) is 0 Å². The molecule has 2 atom stereocenters. The maximum absolute atomic E-state index is 12.5. The SMILES string of the molecule is OC(CC(O)C(C(F)(F)F)C(F)(F)F)c1nc2ccccc2s1. The number of halogens is 6. The number of benzene rings is 1. The van der Waals surface area contributed by atoms with Crippen molar-refractivity contribution in [3.63, 3.8) is 0 Å². The number of thiazole rings is 1. The minimum atomic E-state index is -5.66. The van der Waals surface area contributed by atoms with Crippen molar-refractivity contribution in [2.75, 3.05) is 0 Å². The molecule has 2 N–H and O–H groups in total. The van der Waals surface area contributed by atoms with E-state index in [0.29, 0.717) is 10.2 Å². The van der Waals surface area contributed by atoms with Crippen molar-refractivity contribution in [3.05, 3.63) is 29.3 Å². The predicted octanol–water partition coefficient (Wildman–Crippen LogP) is 3.82. The van der Waals surface area contributed by atoms with Crippen LogP contribution in [0.4, 0.5) is 26.3 Å². The number of nitrogens with zero attached hydrogens (tertiary/aromatic N) is 1. The first-order valence-electron chi connectivity index (χ1n) is 6.35. The molecule has 2 rings (SSSR count). The Hall–Kier alpha value is -1.39. The van der Waals surface area contributed by atoms with Crippen LogP contribution < -0.4 is 0 Å². The summed E-state index contributed by atoms with van der Waals surface area (Å²) in [4.78, 5) is 3.94. The molecule has 0 amide bonds. The van der Waals surface area contributed by atoms with Crippen molar-refractivity contribution < 1.29 is 36.6 Å². The molecule has 2 aromatic rings. The highest BCUT2D eigenvalue weighted by molar-refractivity contribution is 7.18. The van der Waals surface area contributed by atoms with E-state index in [1.807, 2.05) is 0 Å². The van der Waals surface area contributed by atoms with Gasteiger partial charge in [-0.25, -0.2) is 4.98 Å². The fourth-order valence-electron chi connectivity index (χ4n) is 2.12. The highest BCUT2D eigenvalue weighted by Gasteiger charge is 2.60. The van der Waals surface area contributed by atoms with Crippen LogP contribution in [0.3, 0.4) is 0 Å². The van der Waals surface area contributed by atoms with Gasteiger partial charge >= 0.3 is 12.4 Å². The topological polar surface area (TPSA) is 53.4 Å². The number of aliphatic hydroxyl groups is 2. The molecular formula is C13H11F6NO2S. The Morgan fingerprint density at radius 2 is 1.57 bits per heavy atom. The molecule has 0 aliphatic heterocycles. The van der Waals surface area contributed by atoms with Gasteiger partial charge in [-0.3, -0.25) is 0 Å². The van der Waals surface area contributed by atoms with Crippen molar-refractivity contribution in [3.8, 4) is 0 Å². The van der Waals surface area contributed by atoms with Gasteiger partial charge in [-0.1, -0.05) is 12.1 Å². The zero-order valence-corrected chi connectivity index (χ0v) is 12.1. The van der Waals surface area contributed by atoms with Gasteiger partial charge in [0.05, 0.1) is 16.3 Å². The molecule has 0 aliphatic rings. The van der Waals surface area contributed by atoms with Gasteiger partial charge in [0.15, 0.2) is 5.92 Å². The first-order valence-corrected chi connectivity index (χ1v) is 7.17. The van der Waals surface area contributed by atoms with Gasteiger partial charge in [0, 0.05) is 6.42 Å². The van der Waals surface area contributed by atoms with Crippen molar-refractivity contribution >= 4 is 21.6 Å². The molecule has 0 saturated carbocycles. The summed E-state index contributed by atoms with van der Waals surface area (Å²) in [5.74, 6) is -3.92. The van der Waals surface area contributed by atoms with Crippen LogP contribution in [0.5, 0.6) is 0 Å². The number of hydrogen-bond acceptors (Lipinski definition) is 4. The predicted molar refractivity (Wildman–Crippen MR) is 70.8 cm³/mol. The Morgan fingerprint density at radius 3 is 2.09 bits per heavy atom. The van der Waals surface area contributed by atoms with E-state index in [-0.39, 0.29) is 5.01 Å². The third kappa shape index (κ3) is 4.12. The molecule has 0 saturated heterocycles. The fraction of sp³-hybridized carbons (Fsp3) is 0.462. The van der Waals surface area contributed by atoms with Crippen LogP contribution in [0.2, 0.25) is 0 Å². The Labute approximate surface area is 130 Å². The number of para-hydroxylation sites is 1. The number of hydrogen-bond donors (Lipinski definition) is 2. The lowest BCUT2D eigenvalue weighted by Gasteiger charge is -2.28. The number of rotatable bonds is 4. The summed E-state index contributed by atoms with van der Waals surface area (Å²) in [5.41, 5.74) is 0.462. The summed E-state index contributed by atoms with van der Waals surface area (Å²) < 4.78 is 75.7. The molecule has 0 spiro atoms. The van der Waals surface area contributed by atoms with Gasteiger partial charge in [0.1, 0.15) is 11.1 Å². The lowest BCUT2D eigenvalue weighted by molar-refractivity contribution is -0.307. The standard InChI is InChI=1S/C13H11F6NO2S/c14-12(15,16)10(13(17,18)19)7(21)5-8(22)11-20-6-3-1-2-4-9(6)23-11/h1-4,7-8,10,21-22H,5H2. The highest BCUT2D eigenvalue weighted by atomic mass is 32.1. The monoisotopic (exact) mass is 359 g/mol. The van der Waals surface area contributed by atoms with E-state index in [4.69, 9.17) is 0 Å². The number of fused-ring (bicyclic) bond motifs is 1. The minimum absolute atomic E-state index is 0.0478. The smallest absolute Gasteiger partial charge is 0.392 e. The molecule has 0 fully saturated rings. The summed E-state index contributed by atoms with van der Waals surface area (Å²) in [6.45, 7) is 0. The Morgan fingerprint density at radius 1 is 1.00 bits per heavy atom. The molecule has 1 aromatic heterocycles. The molecule has 0 radical (unpaired) electrons. The Kier molecular flexibility index (Phi) is 4.88. The Balaban J connectivity index is 2.19. The molecule has 10 heteroatoms. The summed E-state index contributed by atoms with van der Waals surface area (Å²) in [7, 11) is 0. The second kappa shape index (κ2) is 6.25. The van der Waals surface area contributed by atoms with Crippen molar-refractivity contribution in [2.45, 2.75) is 31.0 Å². The van der Waals surface area contributed by atoms with E-state index in [1.54, 1.807) is 24.3 Å². The van der Waals surface area contributed by atoms with E-state index in [0.717, 1.165) is 11.3 Å². The number of aliphatic hydroxyl groups excluding tert-OH is 2. The molecule has 2 unspecified atom stereocenters. The molecule has 128 valence electrons. The third-order valence-corrected chi connectivity index (χ3v) is 4.29. The van der Waals surface area contributed by atoms with E-state index < -0.39 is 36.9 Å².